The highest BCUT2D eigenvalue weighted by Crippen LogP contribution is 1.98. The molecule has 0 spiro atoms. The van der Waals surface area contributed by atoms with E-state index in [4.69, 9.17) is 16.6 Å². The van der Waals surface area contributed by atoms with Crippen LogP contribution < -0.4 is 16.8 Å². The number of carbonyl (C=O) groups is 2. The van der Waals surface area contributed by atoms with Crippen LogP contribution in [0.1, 0.15) is 25.7 Å². The van der Waals surface area contributed by atoms with Crippen LogP contribution in [-0.2, 0) is 9.59 Å². The van der Waals surface area contributed by atoms with Gasteiger partial charge < -0.3 is 21.9 Å². The van der Waals surface area contributed by atoms with E-state index in [0.717, 1.165) is 0 Å². The average molecular weight is 263 g/mol. The molecule has 0 saturated carbocycles. The van der Waals surface area contributed by atoms with E-state index in [-0.39, 0.29) is 5.91 Å². The Morgan fingerprint density at radius 3 is 2.35 bits per heavy atom. The number of hydrogen-bond acceptors (Lipinski definition) is 5. The summed E-state index contributed by atoms with van der Waals surface area (Å²) in [6, 6.07) is -1.34. The molecule has 6 nitrogen and oxygen atoms in total. The summed E-state index contributed by atoms with van der Waals surface area (Å²) in [4.78, 5) is 21.8. The van der Waals surface area contributed by atoms with Crippen molar-refractivity contribution in [1.82, 2.24) is 5.32 Å². The van der Waals surface area contributed by atoms with Gasteiger partial charge in [-0.2, -0.15) is 12.6 Å². The zero-order valence-electron chi connectivity index (χ0n) is 9.76. The van der Waals surface area contributed by atoms with Crippen LogP contribution >= 0.6 is 12.6 Å². The lowest BCUT2D eigenvalue weighted by Gasteiger charge is -2.11. The Hall–Kier alpha value is -0.790. The Labute approximate surface area is 107 Å². The number of rotatable bonds is 9. The van der Waals surface area contributed by atoms with Gasteiger partial charge in [0.25, 0.3) is 0 Å². The van der Waals surface area contributed by atoms with E-state index < -0.39 is 18.1 Å². The molecule has 0 rings (SSSR count). The molecule has 0 aliphatic rings. The molecule has 0 aromatic carbocycles. The van der Waals surface area contributed by atoms with E-state index in [0.29, 0.717) is 38.0 Å². The van der Waals surface area contributed by atoms with Crippen molar-refractivity contribution >= 4 is 24.5 Å². The van der Waals surface area contributed by atoms with Crippen molar-refractivity contribution < 1.29 is 14.7 Å². The Bertz CT molecular complexity index is 251. The highest BCUT2D eigenvalue weighted by molar-refractivity contribution is 7.80. The lowest BCUT2D eigenvalue weighted by molar-refractivity contribution is -0.138. The largest absolute Gasteiger partial charge is 0.480 e. The molecule has 0 aromatic heterocycles. The molecule has 17 heavy (non-hydrogen) atoms. The van der Waals surface area contributed by atoms with Crippen LogP contribution in [-0.4, -0.2) is 41.4 Å². The maximum atomic E-state index is 11.3. The number of carboxylic acids is 1. The monoisotopic (exact) mass is 263 g/mol. The third-order valence-electron chi connectivity index (χ3n) is 2.34. The van der Waals surface area contributed by atoms with Crippen molar-refractivity contribution in [2.24, 2.45) is 11.5 Å². The van der Waals surface area contributed by atoms with Gasteiger partial charge in [-0.15, -0.1) is 0 Å². The molecular formula is C10H21N3O3S. The highest BCUT2D eigenvalue weighted by atomic mass is 32.1. The molecule has 0 saturated heterocycles. The molecule has 0 unspecified atom stereocenters. The first-order valence-electron chi connectivity index (χ1n) is 5.61. The fourth-order valence-corrected chi connectivity index (χ4v) is 1.50. The second-order valence-corrected chi connectivity index (χ2v) is 4.30. The van der Waals surface area contributed by atoms with E-state index >= 15 is 0 Å². The summed E-state index contributed by atoms with van der Waals surface area (Å²) >= 11 is 3.99. The zero-order valence-corrected chi connectivity index (χ0v) is 10.7. The lowest BCUT2D eigenvalue weighted by atomic mass is 10.1. The molecular weight excluding hydrogens is 242 g/mol. The minimum absolute atomic E-state index is 0.193. The smallest absolute Gasteiger partial charge is 0.320 e. The molecule has 0 fully saturated rings. The van der Waals surface area contributed by atoms with Gasteiger partial charge in [0.15, 0.2) is 0 Å². The summed E-state index contributed by atoms with van der Waals surface area (Å²) in [7, 11) is 0. The molecule has 0 aliphatic heterocycles. The summed E-state index contributed by atoms with van der Waals surface area (Å²) in [5.41, 5.74) is 10.9. The minimum atomic E-state index is -0.996. The van der Waals surface area contributed by atoms with E-state index in [1.54, 1.807) is 0 Å². The zero-order chi connectivity index (χ0) is 13.3. The van der Waals surface area contributed by atoms with E-state index in [1.165, 1.54) is 0 Å². The summed E-state index contributed by atoms with van der Waals surface area (Å²) in [6.45, 7) is 0.492. The number of nitrogens with two attached hydrogens (primary N) is 2. The van der Waals surface area contributed by atoms with Gasteiger partial charge >= 0.3 is 5.97 Å². The second kappa shape index (κ2) is 9.26. The minimum Gasteiger partial charge on any atom is -0.480 e. The normalized spacial score (nSPS) is 14.1. The molecule has 7 heteroatoms. The van der Waals surface area contributed by atoms with Crippen LogP contribution in [0.25, 0.3) is 0 Å². The molecule has 0 aliphatic carbocycles. The standard InChI is InChI=1S/C10H21N3O3S/c11-7(4-6-17)9(14)13-5-2-1-3-8(12)10(15)16/h7-8,17H,1-6,11-12H2,(H,13,14)(H,15,16)/t7-,8-/m0/s1. The van der Waals surface area contributed by atoms with Gasteiger partial charge in [-0.05, 0) is 31.4 Å². The third kappa shape index (κ3) is 8.00. The van der Waals surface area contributed by atoms with Gasteiger partial charge in [-0.25, -0.2) is 0 Å². The number of unbranched alkanes of at least 4 members (excludes halogenated alkanes) is 1. The SMILES string of the molecule is N[C@@H](CCCCNC(=O)[C@@H](N)CCS)C(=O)O. The molecule has 1 amide bonds. The van der Waals surface area contributed by atoms with E-state index in [1.807, 2.05) is 0 Å². The number of carbonyl (C=O) groups excluding carboxylic acids is 1. The van der Waals surface area contributed by atoms with Crippen LogP contribution in [0.15, 0.2) is 0 Å². The number of aliphatic carboxylic acids is 1. The number of hydrogen-bond donors (Lipinski definition) is 5. The molecule has 0 radical (unpaired) electrons. The molecule has 6 N–H and O–H groups in total. The number of amides is 1. The molecule has 100 valence electrons. The van der Waals surface area contributed by atoms with Crippen LogP contribution in [0.2, 0.25) is 0 Å². The number of carboxylic acid groups (broad SMARTS) is 1. The van der Waals surface area contributed by atoms with Crippen molar-refractivity contribution in [2.45, 2.75) is 37.8 Å². The first-order chi connectivity index (χ1) is 7.99. The topological polar surface area (TPSA) is 118 Å². The predicted octanol–water partition coefficient (Wildman–Crippen LogP) is -0.668. The van der Waals surface area contributed by atoms with Gasteiger partial charge in [-0.1, -0.05) is 0 Å². The fraction of sp³-hybridized carbons (Fsp3) is 0.800. The summed E-state index contributed by atoms with van der Waals surface area (Å²) < 4.78 is 0. The predicted molar refractivity (Wildman–Crippen MR) is 68.9 cm³/mol. The van der Waals surface area contributed by atoms with Gasteiger partial charge in [0.2, 0.25) is 5.91 Å². The first kappa shape index (κ1) is 16.2. The molecule has 2 atom stereocenters. The maximum Gasteiger partial charge on any atom is 0.320 e. The Kier molecular flexibility index (Phi) is 8.83. The average Bonchev–Trinajstić information content (AvgIpc) is 2.28. The summed E-state index contributed by atoms with van der Waals surface area (Å²) in [5.74, 6) is -0.617. The van der Waals surface area contributed by atoms with Crippen molar-refractivity contribution in [3.8, 4) is 0 Å². The Morgan fingerprint density at radius 2 is 1.82 bits per heavy atom. The highest BCUT2D eigenvalue weighted by Gasteiger charge is 2.12. The lowest BCUT2D eigenvalue weighted by Crippen LogP contribution is -2.41. The van der Waals surface area contributed by atoms with Crippen LogP contribution in [0.4, 0.5) is 0 Å². The summed E-state index contributed by atoms with van der Waals surface area (Å²) in [6.07, 6.45) is 2.31. The summed E-state index contributed by atoms with van der Waals surface area (Å²) in [5, 5.41) is 11.2. The van der Waals surface area contributed by atoms with Gasteiger partial charge in [-0.3, -0.25) is 9.59 Å². The third-order valence-corrected chi connectivity index (χ3v) is 2.59. The van der Waals surface area contributed by atoms with Crippen molar-refractivity contribution in [1.29, 1.82) is 0 Å². The van der Waals surface area contributed by atoms with Crippen molar-refractivity contribution in [3.63, 3.8) is 0 Å². The van der Waals surface area contributed by atoms with Gasteiger partial charge in [0.05, 0.1) is 6.04 Å². The Balaban J connectivity index is 3.51. The quantitative estimate of drug-likeness (QED) is 0.279. The van der Waals surface area contributed by atoms with E-state index in [9.17, 15) is 9.59 Å². The molecule has 0 heterocycles. The van der Waals surface area contributed by atoms with Crippen LogP contribution in [0, 0.1) is 0 Å². The second-order valence-electron chi connectivity index (χ2n) is 3.85. The Morgan fingerprint density at radius 1 is 1.18 bits per heavy atom. The molecule has 0 aromatic rings. The van der Waals surface area contributed by atoms with Crippen molar-refractivity contribution in [2.75, 3.05) is 12.3 Å². The van der Waals surface area contributed by atoms with Crippen molar-refractivity contribution in [3.05, 3.63) is 0 Å². The first-order valence-corrected chi connectivity index (χ1v) is 6.24. The maximum absolute atomic E-state index is 11.3. The van der Waals surface area contributed by atoms with Gasteiger partial charge in [0, 0.05) is 6.54 Å². The van der Waals surface area contributed by atoms with Crippen LogP contribution in [0.5, 0.6) is 0 Å². The number of thiol groups is 1. The van der Waals surface area contributed by atoms with E-state index in [2.05, 4.69) is 17.9 Å². The number of nitrogens with one attached hydrogen (secondary N) is 1. The van der Waals surface area contributed by atoms with Crippen LogP contribution in [0.3, 0.4) is 0 Å². The molecule has 0 bridgehead atoms. The van der Waals surface area contributed by atoms with Gasteiger partial charge in [0.1, 0.15) is 6.04 Å². The fourth-order valence-electron chi connectivity index (χ4n) is 1.23.